The van der Waals surface area contributed by atoms with Crippen LogP contribution in [0.15, 0.2) is 36.4 Å². The monoisotopic (exact) mass is 613 g/mol. The number of ketones is 1. The van der Waals surface area contributed by atoms with Crippen molar-refractivity contribution in [2.45, 2.75) is 58.8 Å². The third kappa shape index (κ3) is 22.7. The highest BCUT2D eigenvalue weighted by atomic mass is 33.1. The number of benzene rings is 1. The van der Waals surface area contributed by atoms with Crippen LogP contribution in [0.3, 0.4) is 0 Å². The number of rotatable bonds is 26. The van der Waals surface area contributed by atoms with E-state index >= 15 is 0 Å². The van der Waals surface area contributed by atoms with Crippen molar-refractivity contribution in [1.82, 2.24) is 5.32 Å². The van der Waals surface area contributed by atoms with Gasteiger partial charge in [0.15, 0.2) is 0 Å². The molecule has 1 aromatic carbocycles. The molecule has 234 valence electrons. The van der Waals surface area contributed by atoms with E-state index in [-0.39, 0.29) is 23.7 Å². The highest BCUT2D eigenvalue weighted by Crippen LogP contribution is 2.26. The van der Waals surface area contributed by atoms with Crippen LogP contribution in [0.25, 0.3) is 0 Å². The summed E-state index contributed by atoms with van der Waals surface area (Å²) in [6.45, 7) is 12.3. The van der Waals surface area contributed by atoms with E-state index in [0.29, 0.717) is 76.6 Å². The minimum atomic E-state index is -0.204. The Kier molecular flexibility index (Phi) is 22.8. The largest absolute Gasteiger partial charge is 0.490 e. The Hall–Kier alpha value is -1.56. The standard InChI is InChI=1S/C31H51NO7S2/c1-25(2)9-7-14-32-30(34)23-37-19-20-38-31(41-40-5)24-39-29-12-6-11-27(22-29)21-28(33)13-16-36-18-17-35-15-8-10-26(3)4/h6-7,9,11-12,22,25-26,31H,8,10,13-21,23-24H2,1-5H3,(H,32,34)/b9-7+. The van der Waals surface area contributed by atoms with Crippen LogP contribution in [0.1, 0.15) is 52.5 Å². The Labute approximate surface area is 255 Å². The minimum absolute atomic E-state index is 0.000334. The molecule has 0 aromatic heterocycles. The highest BCUT2D eigenvalue weighted by molar-refractivity contribution is 8.76. The zero-order chi connectivity index (χ0) is 30.1. The summed E-state index contributed by atoms with van der Waals surface area (Å²) >= 11 is 0. The van der Waals surface area contributed by atoms with E-state index in [1.807, 2.05) is 42.7 Å². The molecule has 8 nitrogen and oxygen atoms in total. The van der Waals surface area contributed by atoms with Gasteiger partial charge in [-0.3, -0.25) is 9.59 Å². The molecule has 0 spiro atoms. The van der Waals surface area contributed by atoms with Crippen molar-refractivity contribution in [3.05, 3.63) is 42.0 Å². The van der Waals surface area contributed by atoms with E-state index < -0.39 is 0 Å². The van der Waals surface area contributed by atoms with Gasteiger partial charge in [0.05, 0.1) is 33.0 Å². The topological polar surface area (TPSA) is 92.3 Å². The van der Waals surface area contributed by atoms with E-state index in [9.17, 15) is 9.59 Å². The number of carbonyl (C=O) groups is 2. The molecule has 0 aliphatic rings. The number of carbonyl (C=O) groups excluding carboxylic acids is 2. The van der Waals surface area contributed by atoms with Crippen molar-refractivity contribution in [3.63, 3.8) is 0 Å². The van der Waals surface area contributed by atoms with Gasteiger partial charge in [-0.2, -0.15) is 0 Å². The average Bonchev–Trinajstić information content (AvgIpc) is 2.92. The fraction of sp³-hybridized carbons (Fsp3) is 0.677. The maximum Gasteiger partial charge on any atom is 0.246 e. The second-order valence-corrected chi connectivity index (χ2v) is 12.9. The van der Waals surface area contributed by atoms with Gasteiger partial charge < -0.3 is 29.0 Å². The fourth-order valence-electron chi connectivity index (χ4n) is 3.51. The Morgan fingerprint density at radius 2 is 1.73 bits per heavy atom. The van der Waals surface area contributed by atoms with Gasteiger partial charge in [0.25, 0.3) is 0 Å². The lowest BCUT2D eigenvalue weighted by atomic mass is 10.1. The van der Waals surface area contributed by atoms with Crippen LogP contribution in [0.4, 0.5) is 0 Å². The molecule has 0 aliphatic carbocycles. The number of Topliss-reactive ketones (excluding diaryl/α,β-unsaturated/α-hetero) is 1. The van der Waals surface area contributed by atoms with Crippen LogP contribution in [0.2, 0.25) is 0 Å². The number of hydrogen-bond donors (Lipinski definition) is 1. The lowest BCUT2D eigenvalue weighted by Gasteiger charge is -2.17. The van der Waals surface area contributed by atoms with Crippen LogP contribution in [0.5, 0.6) is 5.75 Å². The van der Waals surface area contributed by atoms with E-state index in [4.69, 9.17) is 23.7 Å². The Balaban J connectivity index is 2.24. The first-order valence-electron chi connectivity index (χ1n) is 14.5. The second-order valence-electron chi connectivity index (χ2n) is 10.3. The van der Waals surface area contributed by atoms with Crippen molar-refractivity contribution in [3.8, 4) is 5.75 Å². The molecule has 0 radical (unpaired) electrons. The van der Waals surface area contributed by atoms with E-state index in [2.05, 4.69) is 33.0 Å². The summed E-state index contributed by atoms with van der Waals surface area (Å²) < 4.78 is 28.4. The molecule has 0 aliphatic heterocycles. The van der Waals surface area contributed by atoms with Gasteiger partial charge in [0.1, 0.15) is 30.2 Å². The third-order valence-corrected chi connectivity index (χ3v) is 7.46. The molecule has 1 rings (SSSR count). The first-order valence-corrected chi connectivity index (χ1v) is 17.1. The molecular formula is C31H51NO7S2. The molecule has 1 unspecified atom stereocenters. The highest BCUT2D eigenvalue weighted by Gasteiger charge is 2.12. The average molecular weight is 614 g/mol. The van der Waals surface area contributed by atoms with E-state index in [1.165, 1.54) is 6.42 Å². The quantitative estimate of drug-likeness (QED) is 0.0608. The number of hydrogen-bond acceptors (Lipinski definition) is 9. The molecular weight excluding hydrogens is 562 g/mol. The van der Waals surface area contributed by atoms with Crippen LogP contribution in [-0.4, -0.2) is 82.8 Å². The Bertz CT molecular complexity index is 852. The van der Waals surface area contributed by atoms with Gasteiger partial charge in [0, 0.05) is 26.0 Å². The smallest absolute Gasteiger partial charge is 0.246 e. The lowest BCUT2D eigenvalue weighted by Crippen LogP contribution is -2.28. The number of nitrogens with one attached hydrogen (secondary N) is 1. The van der Waals surface area contributed by atoms with Gasteiger partial charge in [-0.25, -0.2) is 0 Å². The first kappa shape index (κ1) is 37.5. The van der Waals surface area contributed by atoms with Crippen molar-refractivity contribution in [2.75, 3.05) is 65.7 Å². The molecule has 0 saturated carbocycles. The van der Waals surface area contributed by atoms with Crippen LogP contribution < -0.4 is 10.1 Å². The van der Waals surface area contributed by atoms with E-state index in [0.717, 1.165) is 18.6 Å². The first-order chi connectivity index (χ1) is 19.8. The van der Waals surface area contributed by atoms with Gasteiger partial charge in [-0.1, -0.05) is 73.6 Å². The van der Waals surface area contributed by atoms with Gasteiger partial charge in [-0.15, -0.1) is 0 Å². The maximum absolute atomic E-state index is 12.4. The number of ether oxygens (including phenoxy) is 5. The van der Waals surface area contributed by atoms with Crippen molar-refractivity contribution >= 4 is 33.3 Å². The molecule has 10 heteroatoms. The maximum atomic E-state index is 12.4. The molecule has 1 aromatic rings. The number of allylic oxidation sites excluding steroid dienone is 1. The summed E-state index contributed by atoms with van der Waals surface area (Å²) in [6, 6.07) is 7.58. The summed E-state index contributed by atoms with van der Waals surface area (Å²) in [5.41, 5.74) is 0.701. The minimum Gasteiger partial charge on any atom is -0.490 e. The summed E-state index contributed by atoms with van der Waals surface area (Å²) in [6.07, 6.45) is 8.91. The third-order valence-electron chi connectivity index (χ3n) is 5.56. The summed E-state index contributed by atoms with van der Waals surface area (Å²) in [5, 5.41) is 2.79. The SMILES string of the molecule is CSSC(COc1cccc(CC(=O)CCOCCOCCCC(C)C)c1)OCCOCC(=O)NC/C=C/C(C)C. The summed E-state index contributed by atoms with van der Waals surface area (Å²) in [4.78, 5) is 24.2. The second kappa shape index (κ2) is 25.0. The molecule has 0 fully saturated rings. The molecule has 1 N–H and O–H groups in total. The van der Waals surface area contributed by atoms with Gasteiger partial charge in [-0.05, 0) is 48.6 Å². The molecule has 41 heavy (non-hydrogen) atoms. The molecule has 0 bridgehead atoms. The Morgan fingerprint density at radius 1 is 0.976 bits per heavy atom. The molecule has 0 heterocycles. The fourth-order valence-corrected chi connectivity index (χ4v) is 4.97. The molecule has 1 amide bonds. The lowest BCUT2D eigenvalue weighted by molar-refractivity contribution is -0.126. The predicted molar refractivity (Wildman–Crippen MR) is 170 cm³/mol. The summed E-state index contributed by atoms with van der Waals surface area (Å²) in [7, 11) is 3.15. The summed E-state index contributed by atoms with van der Waals surface area (Å²) in [5.74, 6) is 1.82. The predicted octanol–water partition coefficient (Wildman–Crippen LogP) is 5.74. The normalized spacial score (nSPS) is 12.4. The van der Waals surface area contributed by atoms with Crippen LogP contribution >= 0.6 is 21.6 Å². The zero-order valence-corrected chi connectivity index (χ0v) is 27.2. The Morgan fingerprint density at radius 3 is 2.46 bits per heavy atom. The van der Waals surface area contributed by atoms with Crippen molar-refractivity contribution < 1.29 is 33.3 Å². The van der Waals surface area contributed by atoms with Crippen LogP contribution in [0, 0.1) is 11.8 Å². The molecule has 0 saturated heterocycles. The molecule has 1 atom stereocenters. The number of amides is 1. The van der Waals surface area contributed by atoms with Crippen molar-refractivity contribution in [2.24, 2.45) is 11.8 Å². The zero-order valence-electron chi connectivity index (χ0n) is 25.6. The van der Waals surface area contributed by atoms with Gasteiger partial charge in [0.2, 0.25) is 5.91 Å². The van der Waals surface area contributed by atoms with Crippen molar-refractivity contribution in [1.29, 1.82) is 0 Å². The van der Waals surface area contributed by atoms with E-state index in [1.54, 1.807) is 21.6 Å². The van der Waals surface area contributed by atoms with Gasteiger partial charge >= 0.3 is 0 Å². The van der Waals surface area contributed by atoms with Crippen LogP contribution in [-0.2, 0) is 35.0 Å².